The maximum atomic E-state index is 10.7. The van der Waals surface area contributed by atoms with E-state index < -0.39 is 24.5 Å². The number of nitrogens with two attached hydrogens (primary N) is 1. The van der Waals surface area contributed by atoms with E-state index in [1.807, 2.05) is 24.3 Å². The minimum Gasteiger partial charge on any atom is -0.497 e. The van der Waals surface area contributed by atoms with Crippen molar-refractivity contribution in [3.05, 3.63) is 43.0 Å². The molecule has 1 saturated heterocycles. The van der Waals surface area contributed by atoms with Crippen molar-refractivity contribution in [3.63, 3.8) is 0 Å². The summed E-state index contributed by atoms with van der Waals surface area (Å²) >= 11 is 0. The van der Waals surface area contributed by atoms with Gasteiger partial charge in [-0.3, -0.25) is 4.57 Å². The van der Waals surface area contributed by atoms with Crippen molar-refractivity contribution in [2.45, 2.75) is 24.5 Å². The fourth-order valence-electron chi connectivity index (χ4n) is 3.63. The van der Waals surface area contributed by atoms with Crippen LogP contribution in [0.3, 0.4) is 0 Å². The van der Waals surface area contributed by atoms with Crippen LogP contribution in [-0.4, -0.2) is 76.6 Å². The van der Waals surface area contributed by atoms with Gasteiger partial charge in [-0.2, -0.15) is 15.1 Å². The number of aromatic nitrogens is 6. The molecule has 166 valence electrons. The lowest BCUT2D eigenvalue weighted by atomic mass is 10.1. The van der Waals surface area contributed by atoms with Gasteiger partial charge in [-0.15, -0.1) is 0 Å². The second-order valence-corrected chi connectivity index (χ2v) is 7.40. The number of hydrogen-bond acceptors (Lipinski definition) is 10. The first kappa shape index (κ1) is 20.3. The summed E-state index contributed by atoms with van der Waals surface area (Å²) in [5.41, 5.74) is 8.35. The number of benzene rings is 1. The lowest BCUT2D eigenvalue weighted by molar-refractivity contribution is -0.0816. The van der Waals surface area contributed by atoms with Crippen LogP contribution in [0, 0.1) is 0 Å². The molecule has 0 saturated carbocycles. The molecule has 1 aliphatic heterocycles. The average molecular weight is 439 g/mol. The van der Waals surface area contributed by atoms with E-state index >= 15 is 0 Å². The van der Waals surface area contributed by atoms with Gasteiger partial charge < -0.3 is 30.5 Å². The molecule has 12 heteroatoms. The molecule has 1 aromatic carbocycles. The highest BCUT2D eigenvalue weighted by molar-refractivity contribution is 5.82. The van der Waals surface area contributed by atoms with Crippen molar-refractivity contribution in [2.24, 2.45) is 0 Å². The van der Waals surface area contributed by atoms with Crippen LogP contribution in [0.5, 0.6) is 5.75 Å². The molecule has 4 atom stereocenters. The predicted octanol–water partition coefficient (Wildman–Crippen LogP) is -0.119. The Morgan fingerprint density at radius 3 is 2.66 bits per heavy atom. The third-order valence-electron chi connectivity index (χ3n) is 5.42. The lowest BCUT2D eigenvalue weighted by Crippen LogP contribution is -2.36. The fourth-order valence-corrected chi connectivity index (χ4v) is 3.63. The lowest BCUT2D eigenvalue weighted by Gasteiger charge is -2.22. The predicted molar refractivity (Wildman–Crippen MR) is 112 cm³/mol. The molecule has 12 nitrogen and oxygen atoms in total. The van der Waals surface area contributed by atoms with Crippen LogP contribution >= 0.6 is 0 Å². The van der Waals surface area contributed by atoms with Crippen molar-refractivity contribution < 1.29 is 24.8 Å². The van der Waals surface area contributed by atoms with Crippen LogP contribution < -0.4 is 10.5 Å². The zero-order valence-corrected chi connectivity index (χ0v) is 17.0. The Kier molecular flexibility index (Phi) is 4.98. The summed E-state index contributed by atoms with van der Waals surface area (Å²) in [6.07, 6.45) is 0.0212. The third-order valence-corrected chi connectivity index (χ3v) is 5.42. The Hall–Kier alpha value is -3.58. The number of methoxy groups -OCH3 is 1. The summed E-state index contributed by atoms with van der Waals surface area (Å²) < 4.78 is 13.3. The molecule has 1 fully saturated rings. The third kappa shape index (κ3) is 3.35. The first-order valence-electron chi connectivity index (χ1n) is 9.81. The quantitative estimate of drug-likeness (QED) is 0.329. The van der Waals surface area contributed by atoms with Crippen molar-refractivity contribution in [2.75, 3.05) is 19.5 Å². The molecule has 5 N–H and O–H groups in total. The Morgan fingerprint density at radius 1 is 1.19 bits per heavy atom. The number of fused-ring (bicyclic) bond motifs is 1. The summed E-state index contributed by atoms with van der Waals surface area (Å²) in [5.74, 6) is 1.03. The van der Waals surface area contributed by atoms with Gasteiger partial charge in [0.15, 0.2) is 17.7 Å². The highest BCUT2D eigenvalue weighted by Gasteiger charge is 2.40. The first-order chi connectivity index (χ1) is 15.5. The molecular formula is C20H21N7O5. The summed E-state index contributed by atoms with van der Waals surface area (Å²) in [7, 11) is 1.61. The topological polar surface area (TPSA) is 167 Å². The average Bonchev–Trinajstić information content (AvgIpc) is 3.53. The molecule has 32 heavy (non-hydrogen) atoms. The number of hydrogen-bond donors (Lipinski definition) is 4. The number of ether oxygens (including phenoxy) is 2. The van der Waals surface area contributed by atoms with Crippen molar-refractivity contribution in [1.82, 2.24) is 29.3 Å². The zero-order valence-electron chi connectivity index (χ0n) is 17.0. The van der Waals surface area contributed by atoms with Gasteiger partial charge in [0.05, 0.1) is 26.2 Å². The van der Waals surface area contributed by atoms with Gasteiger partial charge >= 0.3 is 0 Å². The maximum absolute atomic E-state index is 10.7. The van der Waals surface area contributed by atoms with Crippen LogP contribution in [0.4, 0.5) is 5.82 Å². The Balaban J connectivity index is 1.50. The number of imidazole rings is 1. The van der Waals surface area contributed by atoms with Crippen molar-refractivity contribution in [1.29, 1.82) is 0 Å². The second-order valence-electron chi connectivity index (χ2n) is 7.40. The van der Waals surface area contributed by atoms with Gasteiger partial charge in [0, 0.05) is 11.8 Å². The number of aliphatic hydroxyl groups is 3. The van der Waals surface area contributed by atoms with Crippen LogP contribution in [-0.2, 0) is 4.74 Å². The van der Waals surface area contributed by atoms with E-state index in [0.717, 1.165) is 16.9 Å². The van der Waals surface area contributed by atoms with E-state index in [9.17, 15) is 15.3 Å². The number of aliphatic hydroxyl groups excluding tert-OH is 3. The van der Waals surface area contributed by atoms with E-state index in [1.54, 1.807) is 19.5 Å². The van der Waals surface area contributed by atoms with Crippen LogP contribution in [0.1, 0.15) is 6.23 Å². The molecule has 5 rings (SSSR count). The van der Waals surface area contributed by atoms with Crippen LogP contribution in [0.15, 0.2) is 43.0 Å². The molecule has 1 aliphatic rings. The van der Waals surface area contributed by atoms with E-state index in [0.29, 0.717) is 0 Å². The Morgan fingerprint density at radius 2 is 1.97 bits per heavy atom. The van der Waals surface area contributed by atoms with Gasteiger partial charge in [0.2, 0.25) is 0 Å². The number of rotatable bonds is 5. The van der Waals surface area contributed by atoms with E-state index in [4.69, 9.17) is 15.2 Å². The first-order valence-corrected chi connectivity index (χ1v) is 9.81. The molecule has 0 aliphatic carbocycles. The summed E-state index contributed by atoms with van der Waals surface area (Å²) in [6.45, 7) is -0.0840. The van der Waals surface area contributed by atoms with Crippen molar-refractivity contribution >= 4 is 17.0 Å². The smallest absolute Gasteiger partial charge is 0.254 e. The van der Waals surface area contributed by atoms with Gasteiger partial charge in [-0.05, 0) is 17.7 Å². The molecule has 1 unspecified atom stereocenters. The van der Waals surface area contributed by atoms with Gasteiger partial charge in [0.25, 0.3) is 5.95 Å². The van der Waals surface area contributed by atoms with Crippen LogP contribution in [0.25, 0.3) is 28.2 Å². The molecule has 0 bridgehead atoms. The number of nitrogen functional groups attached to an aromatic ring is 1. The largest absolute Gasteiger partial charge is 0.497 e. The normalized spacial score (nSPS) is 21.8. The zero-order chi connectivity index (χ0) is 22.4. The minimum atomic E-state index is -1.35. The number of nitrogens with zero attached hydrogens (tertiary/aromatic N) is 6. The standard InChI is InChI=1S/C20H21N7O5/c1-31-12-4-2-10(3-5-12)11-6-23-27(7-11)20-24-17(21)14-18(25-20)26(9-22-14)19(30)16-15(29)13(28)8-32-16/h2-7,9,13,15-16,19,28-30H,8H2,1H3,(H2,21,24,25)/t13-,15+,16+,19?/m0/s1. The SMILES string of the molecule is COc1ccc(-c2cnn(-c3nc(N)c4ncn(C(O)[C@@H]5OC[C@H](O)[C@H]5O)c4n3)c2)cc1. The van der Waals surface area contributed by atoms with Gasteiger partial charge in [-0.1, -0.05) is 12.1 Å². The summed E-state index contributed by atoms with van der Waals surface area (Å²) in [4.78, 5) is 12.9. The molecule has 0 spiro atoms. The van der Waals surface area contributed by atoms with E-state index in [1.165, 1.54) is 15.6 Å². The van der Waals surface area contributed by atoms with Gasteiger partial charge in [0.1, 0.15) is 29.6 Å². The molecule has 4 heterocycles. The highest BCUT2D eigenvalue weighted by Crippen LogP contribution is 2.28. The fraction of sp³-hybridized carbons (Fsp3) is 0.300. The monoisotopic (exact) mass is 439 g/mol. The van der Waals surface area contributed by atoms with Crippen molar-refractivity contribution in [3.8, 4) is 22.8 Å². The highest BCUT2D eigenvalue weighted by atomic mass is 16.5. The molecule has 3 aromatic heterocycles. The van der Waals surface area contributed by atoms with E-state index in [-0.39, 0.29) is 29.5 Å². The molecule has 4 aromatic rings. The maximum Gasteiger partial charge on any atom is 0.254 e. The summed E-state index contributed by atoms with van der Waals surface area (Å²) in [6, 6.07) is 7.52. The second kappa shape index (κ2) is 7.84. The molecule has 0 radical (unpaired) electrons. The number of anilines is 1. The minimum absolute atomic E-state index is 0.0840. The molecular weight excluding hydrogens is 418 g/mol. The molecule has 0 amide bonds. The van der Waals surface area contributed by atoms with E-state index in [2.05, 4.69) is 20.1 Å². The Bertz CT molecular complexity index is 1260. The summed E-state index contributed by atoms with van der Waals surface area (Å²) in [5, 5.41) is 34.9. The van der Waals surface area contributed by atoms with Gasteiger partial charge in [-0.25, -0.2) is 9.67 Å². The van der Waals surface area contributed by atoms with Crippen LogP contribution in [0.2, 0.25) is 0 Å². The Labute approximate surface area is 181 Å².